The molecule has 1 aromatic heterocycles. The molecule has 2 aromatic carbocycles. The third kappa shape index (κ3) is 4.09. The van der Waals surface area contributed by atoms with Gasteiger partial charge in [-0.25, -0.2) is 13.8 Å². The number of rotatable bonds is 6. The fourth-order valence-corrected chi connectivity index (χ4v) is 3.87. The van der Waals surface area contributed by atoms with Crippen LogP contribution >= 0.6 is 22.9 Å². The summed E-state index contributed by atoms with van der Waals surface area (Å²) >= 11 is 7.52. The Bertz CT molecular complexity index is 1030. The van der Waals surface area contributed by atoms with Gasteiger partial charge in [-0.05, 0) is 44.4 Å². The van der Waals surface area contributed by atoms with E-state index in [9.17, 15) is 13.6 Å². The molecule has 28 heavy (non-hydrogen) atoms. The van der Waals surface area contributed by atoms with Crippen molar-refractivity contribution in [3.05, 3.63) is 52.6 Å². The zero-order chi connectivity index (χ0) is 20.4. The van der Waals surface area contributed by atoms with Gasteiger partial charge in [0.25, 0.3) is 5.91 Å². The number of nitrogens with zero attached hydrogens (tertiary/aromatic N) is 3. The van der Waals surface area contributed by atoms with E-state index < -0.39 is 17.5 Å². The Balaban J connectivity index is 2.06. The zero-order valence-electron chi connectivity index (χ0n) is 15.5. The van der Waals surface area contributed by atoms with Gasteiger partial charge in [-0.15, -0.1) is 0 Å². The number of likely N-dealkylation sites (N-methyl/N-ethyl adjacent to an activating group) is 1. The number of carbonyl (C=O) groups is 1. The van der Waals surface area contributed by atoms with Gasteiger partial charge in [0.1, 0.15) is 11.3 Å². The molecule has 0 aliphatic carbocycles. The fourth-order valence-electron chi connectivity index (χ4n) is 2.59. The summed E-state index contributed by atoms with van der Waals surface area (Å²) in [6.45, 7) is 0.862. The van der Waals surface area contributed by atoms with E-state index in [1.165, 1.54) is 29.4 Å². The van der Waals surface area contributed by atoms with Gasteiger partial charge < -0.3 is 9.64 Å². The van der Waals surface area contributed by atoms with Gasteiger partial charge in [0.2, 0.25) is 0 Å². The van der Waals surface area contributed by atoms with E-state index in [1.807, 2.05) is 19.0 Å². The van der Waals surface area contributed by atoms with Crippen molar-refractivity contribution in [2.45, 2.75) is 0 Å². The highest BCUT2D eigenvalue weighted by atomic mass is 35.5. The average molecular weight is 426 g/mol. The van der Waals surface area contributed by atoms with Crippen molar-refractivity contribution in [1.29, 1.82) is 0 Å². The topological polar surface area (TPSA) is 45.7 Å². The summed E-state index contributed by atoms with van der Waals surface area (Å²) in [5.41, 5.74) is 0.581. The number of carbonyl (C=O) groups excluding carboxylic acids is 1. The smallest absolute Gasteiger partial charge is 0.260 e. The second-order valence-corrected chi connectivity index (χ2v) is 7.70. The second-order valence-electron chi connectivity index (χ2n) is 6.31. The Morgan fingerprint density at radius 1 is 1.18 bits per heavy atom. The number of thiazole rings is 1. The molecule has 0 bridgehead atoms. The molecule has 0 aliphatic rings. The summed E-state index contributed by atoms with van der Waals surface area (Å²) in [7, 11) is 5.27. The van der Waals surface area contributed by atoms with Crippen molar-refractivity contribution in [1.82, 2.24) is 9.88 Å². The predicted octanol–water partition coefficient (Wildman–Crippen LogP) is 4.44. The second kappa shape index (κ2) is 8.38. The molecule has 0 unspecified atom stereocenters. The highest BCUT2D eigenvalue weighted by Crippen LogP contribution is 2.39. The maximum Gasteiger partial charge on any atom is 0.260 e. The van der Waals surface area contributed by atoms with E-state index in [0.717, 1.165) is 12.1 Å². The molecule has 0 aliphatic heterocycles. The largest absolute Gasteiger partial charge is 0.494 e. The number of hydrogen-bond donors (Lipinski definition) is 0. The molecule has 5 nitrogen and oxygen atoms in total. The van der Waals surface area contributed by atoms with E-state index in [2.05, 4.69) is 4.98 Å². The molecule has 9 heteroatoms. The van der Waals surface area contributed by atoms with Crippen LogP contribution in [0.4, 0.5) is 13.9 Å². The van der Waals surface area contributed by atoms with Gasteiger partial charge in [-0.1, -0.05) is 22.9 Å². The van der Waals surface area contributed by atoms with Crippen LogP contribution in [-0.4, -0.2) is 50.1 Å². The summed E-state index contributed by atoms with van der Waals surface area (Å²) in [4.78, 5) is 20.9. The monoisotopic (exact) mass is 425 g/mol. The lowest BCUT2D eigenvalue weighted by atomic mass is 10.2. The molecule has 0 radical (unpaired) electrons. The molecule has 0 N–H and O–H groups in total. The van der Waals surface area contributed by atoms with E-state index in [-0.39, 0.29) is 5.56 Å². The Hall–Kier alpha value is -2.29. The molecule has 1 heterocycles. The van der Waals surface area contributed by atoms with E-state index in [1.54, 1.807) is 12.1 Å². The molecule has 0 fully saturated rings. The summed E-state index contributed by atoms with van der Waals surface area (Å²) in [5, 5.41) is 0.894. The molecule has 0 atom stereocenters. The van der Waals surface area contributed by atoms with Gasteiger partial charge in [0.05, 0.1) is 16.8 Å². The molecule has 0 spiro atoms. The number of anilines is 1. The van der Waals surface area contributed by atoms with Crippen molar-refractivity contribution in [2.75, 3.05) is 39.2 Å². The van der Waals surface area contributed by atoms with Crippen molar-refractivity contribution in [2.24, 2.45) is 0 Å². The zero-order valence-corrected chi connectivity index (χ0v) is 17.1. The highest BCUT2D eigenvalue weighted by Gasteiger charge is 2.24. The average Bonchev–Trinajstić information content (AvgIpc) is 3.10. The first kappa shape index (κ1) is 20.4. The highest BCUT2D eigenvalue weighted by molar-refractivity contribution is 7.23. The normalized spacial score (nSPS) is 11.2. The number of aromatic nitrogens is 1. The summed E-state index contributed by atoms with van der Waals surface area (Å²) < 4.78 is 32.9. The van der Waals surface area contributed by atoms with Crippen LogP contribution in [0, 0.1) is 11.6 Å². The number of fused-ring (bicyclic) bond motifs is 1. The van der Waals surface area contributed by atoms with Crippen LogP contribution in [0.15, 0.2) is 30.3 Å². The first-order chi connectivity index (χ1) is 13.3. The number of halogens is 3. The van der Waals surface area contributed by atoms with E-state index in [0.29, 0.717) is 39.2 Å². The van der Waals surface area contributed by atoms with Crippen LogP contribution < -0.4 is 9.64 Å². The molecule has 3 aromatic rings. The van der Waals surface area contributed by atoms with Crippen molar-refractivity contribution in [3.63, 3.8) is 0 Å². The quantitative estimate of drug-likeness (QED) is 0.585. The van der Waals surface area contributed by atoms with E-state index in [4.69, 9.17) is 16.3 Å². The number of amides is 1. The molecule has 0 saturated carbocycles. The van der Waals surface area contributed by atoms with Crippen LogP contribution in [0.3, 0.4) is 0 Å². The minimum Gasteiger partial charge on any atom is -0.494 e. The SMILES string of the molecule is COc1ccc(Cl)c2sc(N(CCN(C)C)C(=O)c3ccc(F)c(F)c3)nc12. The van der Waals surface area contributed by atoms with Gasteiger partial charge in [0, 0.05) is 18.7 Å². The van der Waals surface area contributed by atoms with Crippen LogP contribution in [-0.2, 0) is 0 Å². The number of hydrogen-bond acceptors (Lipinski definition) is 5. The van der Waals surface area contributed by atoms with E-state index >= 15 is 0 Å². The molecule has 0 saturated heterocycles. The van der Waals surface area contributed by atoms with Gasteiger partial charge in [0.15, 0.2) is 16.8 Å². The maximum atomic E-state index is 13.6. The van der Waals surface area contributed by atoms with Crippen molar-refractivity contribution >= 4 is 44.2 Å². The number of methoxy groups -OCH3 is 1. The van der Waals surface area contributed by atoms with Crippen molar-refractivity contribution < 1.29 is 18.3 Å². The Morgan fingerprint density at radius 3 is 2.57 bits per heavy atom. The van der Waals surface area contributed by atoms with Crippen LogP contribution in [0.25, 0.3) is 10.2 Å². The maximum absolute atomic E-state index is 13.6. The van der Waals surface area contributed by atoms with Gasteiger partial charge in [-0.3, -0.25) is 9.69 Å². The van der Waals surface area contributed by atoms with Crippen LogP contribution in [0.2, 0.25) is 5.02 Å². The Morgan fingerprint density at radius 2 is 1.93 bits per heavy atom. The van der Waals surface area contributed by atoms with Crippen LogP contribution in [0.1, 0.15) is 10.4 Å². The lowest BCUT2D eigenvalue weighted by molar-refractivity contribution is 0.0984. The Kier molecular flexibility index (Phi) is 6.12. The van der Waals surface area contributed by atoms with Crippen molar-refractivity contribution in [3.8, 4) is 5.75 Å². The van der Waals surface area contributed by atoms with Crippen LogP contribution in [0.5, 0.6) is 5.75 Å². The minimum atomic E-state index is -1.08. The lowest BCUT2D eigenvalue weighted by Gasteiger charge is -2.22. The third-order valence-corrected chi connectivity index (χ3v) is 5.62. The van der Waals surface area contributed by atoms with Gasteiger partial charge >= 0.3 is 0 Å². The third-order valence-electron chi connectivity index (χ3n) is 4.08. The molecule has 1 amide bonds. The minimum absolute atomic E-state index is 0.0370. The summed E-state index contributed by atoms with van der Waals surface area (Å²) in [6, 6.07) is 6.48. The number of benzene rings is 2. The summed E-state index contributed by atoms with van der Waals surface area (Å²) in [6.07, 6.45) is 0. The molecular formula is C19H18ClF2N3O2S. The Labute approximate surface area is 170 Å². The molecular weight excluding hydrogens is 408 g/mol. The summed E-state index contributed by atoms with van der Waals surface area (Å²) in [5.74, 6) is -2.02. The van der Waals surface area contributed by atoms with Gasteiger partial charge in [-0.2, -0.15) is 0 Å². The molecule has 3 rings (SSSR count). The fraction of sp³-hybridized carbons (Fsp3) is 0.263. The number of ether oxygens (including phenoxy) is 1. The first-order valence-corrected chi connectivity index (χ1v) is 9.56. The predicted molar refractivity (Wildman–Crippen MR) is 108 cm³/mol. The molecule has 148 valence electrons. The lowest BCUT2D eigenvalue weighted by Crippen LogP contribution is -2.36. The standard InChI is InChI=1S/C19H18ClF2N3O2S/c1-24(2)8-9-25(18(26)11-4-6-13(21)14(22)10-11)19-23-16-15(27-3)7-5-12(20)17(16)28-19/h4-7,10H,8-9H2,1-3H3. The first-order valence-electron chi connectivity index (χ1n) is 8.36.